The average molecular weight is 230 g/mol. The van der Waals surface area contributed by atoms with E-state index in [9.17, 15) is 0 Å². The Bertz CT molecular complexity index is 339. The summed E-state index contributed by atoms with van der Waals surface area (Å²) >= 11 is 4.13. The van der Waals surface area contributed by atoms with Gasteiger partial charge in [-0.3, -0.25) is 0 Å². The Kier molecular flexibility index (Phi) is 3.30. The van der Waals surface area contributed by atoms with Gasteiger partial charge in [-0.25, -0.2) is 4.98 Å². The number of aromatic nitrogens is 2. The molecule has 1 N–H and O–H groups in total. The molecule has 0 bridgehead atoms. The molecule has 2 rings (SSSR count). The topological polar surface area (TPSA) is 28.7 Å². The van der Waals surface area contributed by atoms with Crippen LogP contribution in [0.4, 0.5) is 0 Å². The summed E-state index contributed by atoms with van der Waals surface area (Å²) in [7, 11) is 0. The fourth-order valence-electron chi connectivity index (χ4n) is 1.08. The van der Waals surface area contributed by atoms with Gasteiger partial charge in [-0.2, -0.15) is 12.6 Å². The quantitative estimate of drug-likeness (QED) is 0.568. The Morgan fingerprint density at radius 1 is 1.33 bits per heavy atom. The molecule has 2 aromatic rings. The number of hydrogen-bond donors (Lipinski definition) is 2. The van der Waals surface area contributed by atoms with E-state index in [0.717, 1.165) is 16.9 Å². The standard InChI is InChI=1S/C8H8N2S.Zn/c11-5-8-9-6-3-1-2-4-7(6)10-8;/h1-4,11H,5H2,(H,9,10);/q;+2. The third-order valence-electron chi connectivity index (χ3n) is 1.59. The van der Waals surface area contributed by atoms with Crippen molar-refractivity contribution in [3.05, 3.63) is 30.1 Å². The Morgan fingerprint density at radius 3 is 2.75 bits per heavy atom. The van der Waals surface area contributed by atoms with Crippen molar-refractivity contribution < 1.29 is 19.5 Å². The predicted octanol–water partition coefficient (Wildman–Crippen LogP) is 1.99. The van der Waals surface area contributed by atoms with Crippen LogP contribution in [0.5, 0.6) is 0 Å². The number of aromatic amines is 1. The molecule has 0 unspecified atom stereocenters. The first kappa shape index (κ1) is 9.75. The molecule has 1 aromatic carbocycles. The van der Waals surface area contributed by atoms with Crippen LogP contribution in [-0.2, 0) is 25.2 Å². The largest absolute Gasteiger partial charge is 2.00 e. The van der Waals surface area contributed by atoms with Crippen molar-refractivity contribution in [3.8, 4) is 0 Å². The van der Waals surface area contributed by atoms with Crippen LogP contribution in [0.1, 0.15) is 5.82 Å². The second kappa shape index (κ2) is 4.06. The van der Waals surface area contributed by atoms with Crippen LogP contribution in [-0.4, -0.2) is 9.97 Å². The van der Waals surface area contributed by atoms with Gasteiger partial charge >= 0.3 is 19.5 Å². The number of hydrogen-bond acceptors (Lipinski definition) is 2. The molecule has 0 fully saturated rings. The number of nitrogens with one attached hydrogen (secondary N) is 1. The number of para-hydroxylation sites is 2. The Balaban J connectivity index is 0.000000720. The molecule has 0 radical (unpaired) electrons. The van der Waals surface area contributed by atoms with Crippen LogP contribution in [0.15, 0.2) is 24.3 Å². The van der Waals surface area contributed by atoms with Crippen LogP contribution in [0.3, 0.4) is 0 Å². The molecule has 0 aliphatic carbocycles. The van der Waals surface area contributed by atoms with Gasteiger partial charge in [0.2, 0.25) is 0 Å². The van der Waals surface area contributed by atoms with Gasteiger partial charge in [0.1, 0.15) is 5.82 Å². The minimum Gasteiger partial charge on any atom is -0.341 e. The average Bonchev–Trinajstić information content (AvgIpc) is 2.46. The van der Waals surface area contributed by atoms with Gasteiger partial charge in [0.15, 0.2) is 0 Å². The molecule has 0 spiro atoms. The van der Waals surface area contributed by atoms with Crippen molar-refractivity contribution in [2.75, 3.05) is 0 Å². The first-order valence-electron chi connectivity index (χ1n) is 3.44. The second-order valence-corrected chi connectivity index (χ2v) is 2.67. The minimum absolute atomic E-state index is 0. The van der Waals surface area contributed by atoms with E-state index in [2.05, 4.69) is 22.6 Å². The van der Waals surface area contributed by atoms with Crippen LogP contribution in [0.25, 0.3) is 11.0 Å². The summed E-state index contributed by atoms with van der Waals surface area (Å²) in [5.41, 5.74) is 2.09. The van der Waals surface area contributed by atoms with Gasteiger partial charge in [-0.1, -0.05) is 12.1 Å². The maximum absolute atomic E-state index is 4.30. The number of rotatable bonds is 1. The van der Waals surface area contributed by atoms with E-state index in [1.165, 1.54) is 0 Å². The molecule has 56 valence electrons. The molecule has 12 heavy (non-hydrogen) atoms. The van der Waals surface area contributed by atoms with Crippen LogP contribution in [0.2, 0.25) is 0 Å². The molecule has 1 aromatic heterocycles. The number of H-pyrrole nitrogens is 1. The molecule has 0 amide bonds. The number of fused-ring (bicyclic) bond motifs is 1. The zero-order chi connectivity index (χ0) is 7.68. The van der Waals surface area contributed by atoms with E-state index in [0.29, 0.717) is 5.75 Å². The molecule has 4 heteroatoms. The van der Waals surface area contributed by atoms with E-state index in [-0.39, 0.29) is 19.5 Å². The Morgan fingerprint density at radius 2 is 2.08 bits per heavy atom. The van der Waals surface area contributed by atoms with Crippen LogP contribution in [0, 0.1) is 0 Å². The SMILES string of the molecule is SCc1nc2ccccc2[nH]1.[Zn+2]. The number of thiol groups is 1. The van der Waals surface area contributed by atoms with Crippen molar-refractivity contribution in [2.45, 2.75) is 5.75 Å². The molecule has 0 saturated carbocycles. The third-order valence-corrected chi connectivity index (χ3v) is 1.89. The summed E-state index contributed by atoms with van der Waals surface area (Å²) < 4.78 is 0. The molecule has 1 heterocycles. The molecular formula is C8H8N2SZn+2. The molecule has 0 aliphatic rings. The summed E-state index contributed by atoms with van der Waals surface area (Å²) in [6.07, 6.45) is 0. The van der Waals surface area contributed by atoms with Crippen molar-refractivity contribution in [1.82, 2.24) is 9.97 Å². The van der Waals surface area contributed by atoms with Gasteiger partial charge in [0.05, 0.1) is 11.0 Å². The summed E-state index contributed by atoms with van der Waals surface area (Å²) in [6.45, 7) is 0. The van der Waals surface area contributed by atoms with Gasteiger partial charge in [-0.05, 0) is 12.1 Å². The smallest absolute Gasteiger partial charge is 0.341 e. The minimum atomic E-state index is 0. The number of imidazole rings is 1. The zero-order valence-electron chi connectivity index (χ0n) is 6.62. The number of benzene rings is 1. The summed E-state index contributed by atoms with van der Waals surface area (Å²) in [4.78, 5) is 7.46. The van der Waals surface area contributed by atoms with E-state index >= 15 is 0 Å². The maximum Gasteiger partial charge on any atom is 2.00 e. The third kappa shape index (κ3) is 1.70. The predicted molar refractivity (Wildman–Crippen MR) is 48.8 cm³/mol. The summed E-state index contributed by atoms with van der Waals surface area (Å²) in [6, 6.07) is 7.96. The Hall–Kier alpha value is -0.337. The van der Waals surface area contributed by atoms with E-state index < -0.39 is 0 Å². The Labute approximate surface area is 88.9 Å². The van der Waals surface area contributed by atoms with Gasteiger partial charge < -0.3 is 4.98 Å². The second-order valence-electron chi connectivity index (χ2n) is 2.36. The van der Waals surface area contributed by atoms with Crippen LogP contribution < -0.4 is 0 Å². The van der Waals surface area contributed by atoms with Crippen LogP contribution >= 0.6 is 12.6 Å². The molecule has 2 nitrogen and oxygen atoms in total. The molecule has 0 atom stereocenters. The van der Waals surface area contributed by atoms with E-state index in [1.807, 2.05) is 24.3 Å². The summed E-state index contributed by atoms with van der Waals surface area (Å²) in [5, 5.41) is 0. The maximum atomic E-state index is 4.30. The van der Waals surface area contributed by atoms with Crippen molar-refractivity contribution in [3.63, 3.8) is 0 Å². The normalized spacial score (nSPS) is 9.75. The van der Waals surface area contributed by atoms with Crippen molar-refractivity contribution in [2.24, 2.45) is 0 Å². The van der Waals surface area contributed by atoms with Gasteiger partial charge in [-0.15, -0.1) is 0 Å². The van der Waals surface area contributed by atoms with Gasteiger partial charge in [0, 0.05) is 5.75 Å². The fourth-order valence-corrected chi connectivity index (χ4v) is 1.23. The van der Waals surface area contributed by atoms with Crippen molar-refractivity contribution in [1.29, 1.82) is 0 Å². The van der Waals surface area contributed by atoms with E-state index in [4.69, 9.17) is 0 Å². The fraction of sp³-hybridized carbons (Fsp3) is 0.125. The number of nitrogens with zero attached hydrogens (tertiary/aromatic N) is 1. The molecule has 0 saturated heterocycles. The first-order chi connectivity index (χ1) is 5.40. The zero-order valence-corrected chi connectivity index (χ0v) is 10.5. The first-order valence-corrected chi connectivity index (χ1v) is 4.08. The monoisotopic (exact) mass is 228 g/mol. The van der Waals surface area contributed by atoms with E-state index in [1.54, 1.807) is 0 Å². The molecular weight excluding hydrogens is 222 g/mol. The van der Waals surface area contributed by atoms with Gasteiger partial charge in [0.25, 0.3) is 0 Å². The van der Waals surface area contributed by atoms with Crippen molar-refractivity contribution >= 4 is 23.7 Å². The molecule has 0 aliphatic heterocycles. The summed E-state index contributed by atoms with van der Waals surface area (Å²) in [5.74, 6) is 1.59.